The Labute approximate surface area is 434 Å². The molecule has 16 nitrogen and oxygen atoms in total. The Bertz CT molecular complexity index is 3040. The van der Waals surface area contributed by atoms with E-state index in [1.165, 1.54) is 48.9 Å². The lowest BCUT2D eigenvalue weighted by molar-refractivity contribution is -0.384. The molecule has 4 aliphatic heterocycles. The number of amides is 1. The van der Waals surface area contributed by atoms with Crippen LogP contribution in [0.4, 0.5) is 28.4 Å². The molecule has 394 valence electrons. The number of aliphatic hydroxyl groups is 1. The van der Waals surface area contributed by atoms with Crippen molar-refractivity contribution in [3.8, 4) is 5.88 Å². The number of pyridine rings is 1. The zero-order valence-electron chi connectivity index (χ0n) is 43.4. The van der Waals surface area contributed by atoms with Gasteiger partial charge < -0.3 is 34.7 Å². The summed E-state index contributed by atoms with van der Waals surface area (Å²) in [5.41, 5.74) is 5.08. The molecule has 2 aliphatic carbocycles. The number of nitro groups is 1. The normalized spacial score (nSPS) is 29.3. The van der Waals surface area contributed by atoms with Crippen molar-refractivity contribution in [1.29, 1.82) is 0 Å². The van der Waals surface area contributed by atoms with Crippen LogP contribution in [0.3, 0.4) is 0 Å². The lowest BCUT2D eigenvalue weighted by atomic mass is 9.51. The van der Waals surface area contributed by atoms with Gasteiger partial charge in [0.1, 0.15) is 23.1 Å². The first kappa shape index (κ1) is 50.4. The number of ether oxygens (including phenoxy) is 2. The second-order valence-corrected chi connectivity index (χ2v) is 24.7. The number of H-pyrrole nitrogens is 1. The van der Waals surface area contributed by atoms with E-state index in [1.807, 2.05) is 37.4 Å². The highest BCUT2D eigenvalue weighted by atomic mass is 32.2. The summed E-state index contributed by atoms with van der Waals surface area (Å²) in [4.78, 5) is 41.7. The van der Waals surface area contributed by atoms with Gasteiger partial charge in [-0.2, -0.15) is 4.98 Å². The fourth-order valence-corrected chi connectivity index (χ4v) is 14.8. The van der Waals surface area contributed by atoms with Gasteiger partial charge in [-0.05, 0) is 161 Å². The SMILES string of the molecule is CC(C)c1ccccc1[C@@H]1CCCCN1[C@H]1C[C@@]2(CCN(c3ccc(C(=O)NS(=O)(=O)c4ccc(NC[C@H]5CC[C@](C)(O)CC5)c([N+](=O)[O-])c4)c(N4c5cc6cc[nH]c6nc5O[C@H]5COCC[C@@H]54)c3)[C@H](C)C2)[C@@H]1C. The van der Waals surface area contributed by atoms with Gasteiger partial charge in [-0.15, -0.1) is 0 Å². The molecular weight excluding hydrogens is 957 g/mol. The molecule has 6 aliphatic rings. The first-order valence-electron chi connectivity index (χ1n) is 27.1. The lowest BCUT2D eigenvalue weighted by Gasteiger charge is -2.63. The van der Waals surface area contributed by atoms with E-state index in [2.05, 4.69) is 81.7 Å². The summed E-state index contributed by atoms with van der Waals surface area (Å²) in [6, 6.07) is 23.2. The van der Waals surface area contributed by atoms with Crippen molar-refractivity contribution in [2.75, 3.05) is 48.0 Å². The fraction of sp³-hybridized carbons (Fsp3) is 0.544. The number of sulfonamides is 1. The second kappa shape index (κ2) is 19.7. The third-order valence-electron chi connectivity index (χ3n) is 18.1. The molecular formula is C57H72N8O8S. The molecule has 2 saturated carbocycles. The van der Waals surface area contributed by atoms with E-state index in [4.69, 9.17) is 14.5 Å². The minimum atomic E-state index is -4.63. The maximum absolute atomic E-state index is 14.8. The summed E-state index contributed by atoms with van der Waals surface area (Å²) < 4.78 is 43.3. The number of hydrogen-bond acceptors (Lipinski definition) is 13. The Balaban J connectivity index is 0.886. The lowest BCUT2D eigenvalue weighted by Crippen LogP contribution is -2.63. The van der Waals surface area contributed by atoms with E-state index in [9.17, 15) is 28.4 Å². The maximum Gasteiger partial charge on any atom is 0.293 e. The standard InChI is InChI=1S/C57H72N8O8S/c1-35(2)42-10-6-7-11-43(42)46-12-8-9-25-63(46)51-32-57(37(51)4)23-26-62(36(3)31-57)40-13-15-44(48(29-40)64-47-20-27-72-34-52(47)73-55-50(64)28-39-19-24-58-53(39)60-55)54(66)61-74(70,71)41-14-16-45(49(30-41)65(68)69)59-33-38-17-21-56(5,67)22-18-38/h6-7,10-11,13-16,19,24,28-30,35-38,46-47,51-52,59,67H,8-9,12,17-18,20-23,25-27,31-34H2,1-5H3,(H,58,60)(H,61,66)/t36-,37-,38-,46+,47+,51+,52+,56-,57+/m1/s1. The van der Waals surface area contributed by atoms with Crippen molar-refractivity contribution in [1.82, 2.24) is 19.6 Å². The molecule has 6 heterocycles. The average Bonchev–Trinajstić information content (AvgIpc) is 3.86. The highest BCUT2D eigenvalue weighted by molar-refractivity contribution is 7.90. The van der Waals surface area contributed by atoms with Crippen LogP contribution in [0.15, 0.2) is 83.9 Å². The molecule has 1 spiro atoms. The topological polar surface area (TPSA) is 196 Å². The molecule has 0 radical (unpaired) electrons. The minimum absolute atomic E-state index is 0.121. The van der Waals surface area contributed by atoms with Gasteiger partial charge in [0.05, 0.1) is 39.3 Å². The van der Waals surface area contributed by atoms with Crippen LogP contribution in [0.2, 0.25) is 0 Å². The van der Waals surface area contributed by atoms with Gasteiger partial charge in [-0.25, -0.2) is 13.1 Å². The number of anilines is 4. The zero-order chi connectivity index (χ0) is 51.7. The molecule has 1 amide bonds. The number of aromatic amines is 1. The van der Waals surface area contributed by atoms with Crippen LogP contribution in [0.5, 0.6) is 5.88 Å². The molecule has 74 heavy (non-hydrogen) atoms. The summed E-state index contributed by atoms with van der Waals surface area (Å²) in [6.07, 6.45) is 11.7. The van der Waals surface area contributed by atoms with E-state index in [-0.39, 0.29) is 34.7 Å². The molecule has 7 atom stereocenters. The number of nitro benzene ring substituents is 1. The van der Waals surface area contributed by atoms with Crippen LogP contribution in [-0.4, -0.2) is 102 Å². The summed E-state index contributed by atoms with van der Waals surface area (Å²) in [5, 5.41) is 26.8. The Kier molecular flexibility index (Phi) is 13.5. The summed E-state index contributed by atoms with van der Waals surface area (Å²) in [5.74, 6) is 0.705. The van der Waals surface area contributed by atoms with Crippen LogP contribution < -0.4 is 24.6 Å². The largest absolute Gasteiger partial charge is 0.468 e. The zero-order valence-corrected chi connectivity index (χ0v) is 44.2. The van der Waals surface area contributed by atoms with Gasteiger partial charge in [0.2, 0.25) is 5.88 Å². The van der Waals surface area contributed by atoms with Gasteiger partial charge in [0.15, 0.2) is 0 Å². The Morgan fingerprint density at radius 1 is 0.959 bits per heavy atom. The molecule has 0 unspecified atom stereocenters. The highest BCUT2D eigenvalue weighted by Gasteiger charge is 2.56. The average molecular weight is 1030 g/mol. The predicted octanol–water partition coefficient (Wildman–Crippen LogP) is 10.4. The van der Waals surface area contributed by atoms with E-state index < -0.39 is 43.1 Å². The molecule has 5 aromatic rings. The number of nitrogens with one attached hydrogen (secondary N) is 3. The van der Waals surface area contributed by atoms with Crippen LogP contribution in [0.1, 0.15) is 139 Å². The molecule has 3 aromatic carbocycles. The van der Waals surface area contributed by atoms with E-state index in [0.717, 1.165) is 55.9 Å². The van der Waals surface area contributed by atoms with Crippen LogP contribution in [0, 0.1) is 27.4 Å². The van der Waals surface area contributed by atoms with Crippen molar-refractivity contribution in [3.05, 3.63) is 106 Å². The number of aromatic nitrogens is 2. The molecule has 5 fully saturated rings. The third kappa shape index (κ3) is 9.40. The molecule has 3 saturated heterocycles. The molecule has 11 rings (SSSR count). The fourth-order valence-electron chi connectivity index (χ4n) is 13.8. The van der Waals surface area contributed by atoms with Crippen LogP contribution >= 0.6 is 0 Å². The summed E-state index contributed by atoms with van der Waals surface area (Å²) in [7, 11) is -4.63. The van der Waals surface area contributed by atoms with Gasteiger partial charge in [-0.3, -0.25) is 19.8 Å². The second-order valence-electron chi connectivity index (χ2n) is 23.0. The number of carbonyl (C=O) groups excluding carboxylic acids is 1. The Hall–Kier alpha value is -5.75. The first-order valence-corrected chi connectivity index (χ1v) is 28.6. The monoisotopic (exact) mass is 1030 g/mol. The first-order chi connectivity index (χ1) is 35.5. The third-order valence-corrected chi connectivity index (χ3v) is 19.4. The van der Waals surface area contributed by atoms with E-state index >= 15 is 0 Å². The quantitative estimate of drug-likeness (QED) is 0.0681. The van der Waals surface area contributed by atoms with Crippen molar-refractivity contribution in [3.63, 3.8) is 0 Å². The van der Waals surface area contributed by atoms with Crippen molar-refractivity contribution in [2.24, 2.45) is 17.3 Å². The van der Waals surface area contributed by atoms with Gasteiger partial charge in [-0.1, -0.05) is 51.5 Å². The van der Waals surface area contributed by atoms with E-state index in [1.54, 1.807) is 6.07 Å². The van der Waals surface area contributed by atoms with Crippen LogP contribution in [0.25, 0.3) is 11.0 Å². The smallest absolute Gasteiger partial charge is 0.293 e. The minimum Gasteiger partial charge on any atom is -0.468 e. The summed E-state index contributed by atoms with van der Waals surface area (Å²) in [6.45, 7) is 14.4. The predicted molar refractivity (Wildman–Crippen MR) is 287 cm³/mol. The highest BCUT2D eigenvalue weighted by Crippen LogP contribution is 2.59. The van der Waals surface area contributed by atoms with E-state index in [0.29, 0.717) is 85.8 Å². The van der Waals surface area contributed by atoms with Crippen LogP contribution in [-0.2, 0) is 14.8 Å². The number of nitrogens with zero attached hydrogens (tertiary/aromatic N) is 5. The van der Waals surface area contributed by atoms with Gasteiger partial charge in [0, 0.05) is 61.2 Å². The number of fused-ring (bicyclic) bond motifs is 3. The number of hydrogen-bond donors (Lipinski definition) is 4. The van der Waals surface area contributed by atoms with Gasteiger partial charge >= 0.3 is 0 Å². The number of carbonyl (C=O) groups is 1. The molecule has 17 heteroatoms. The number of likely N-dealkylation sites (tertiary alicyclic amines) is 1. The number of piperidine rings is 2. The number of rotatable bonds is 12. The maximum atomic E-state index is 14.8. The number of benzene rings is 3. The van der Waals surface area contributed by atoms with Crippen molar-refractivity contribution < 1.29 is 32.7 Å². The Morgan fingerprint density at radius 2 is 1.77 bits per heavy atom. The molecule has 0 bridgehead atoms. The molecule has 2 aromatic heterocycles. The molecule has 4 N–H and O–H groups in total. The summed E-state index contributed by atoms with van der Waals surface area (Å²) >= 11 is 0. The van der Waals surface area contributed by atoms with Crippen molar-refractivity contribution in [2.45, 2.75) is 152 Å². The van der Waals surface area contributed by atoms with Crippen molar-refractivity contribution >= 4 is 55.4 Å². The van der Waals surface area contributed by atoms with Gasteiger partial charge in [0.25, 0.3) is 21.6 Å². The Morgan fingerprint density at radius 3 is 2.54 bits per heavy atom.